The first-order chi connectivity index (χ1) is 10.3. The van der Waals surface area contributed by atoms with Gasteiger partial charge in [-0.1, -0.05) is 38.4 Å². The number of aryl methyl sites for hydroxylation is 1. The molecule has 0 radical (unpaired) electrons. The average Bonchev–Trinajstić information content (AvgIpc) is 2.43. The maximum atomic E-state index is 12.9. The van der Waals surface area contributed by atoms with Gasteiger partial charge in [0.05, 0.1) is 5.56 Å². The molecule has 0 saturated heterocycles. The van der Waals surface area contributed by atoms with Crippen molar-refractivity contribution < 1.29 is 35.3 Å². The van der Waals surface area contributed by atoms with E-state index in [1.54, 1.807) is 18.2 Å². The quantitative estimate of drug-likeness (QED) is 0.569. The van der Waals surface area contributed by atoms with Crippen molar-refractivity contribution in [2.75, 3.05) is 0 Å². The molecular weight excluding hydrogens is 391 g/mol. The van der Waals surface area contributed by atoms with Gasteiger partial charge in [-0.3, -0.25) is 0 Å². The van der Waals surface area contributed by atoms with E-state index in [0.717, 1.165) is 11.6 Å². The Morgan fingerprint density at radius 3 is 2.23 bits per heavy atom. The first-order valence-corrected chi connectivity index (χ1v) is 11.3. The fourth-order valence-electron chi connectivity index (χ4n) is 1.73. The molecule has 1 atom stereocenters. The molecule has 0 aliphatic rings. The molecule has 0 aliphatic heterocycles. The number of alkyl halides is 3. The molecule has 0 bridgehead atoms. The number of aromatic hydroxyl groups is 1. The molecule has 0 fully saturated rings. The van der Waals surface area contributed by atoms with Crippen LogP contribution in [-0.2, 0) is 23.2 Å². The van der Waals surface area contributed by atoms with Gasteiger partial charge in [0.15, 0.2) is 0 Å². The molecule has 2 aromatic carbocycles. The molecule has 118 valence electrons. The first kappa shape index (κ1) is 19.8. The molecule has 8 heteroatoms. The van der Waals surface area contributed by atoms with Crippen LogP contribution in [0.25, 0.3) is 0 Å². The van der Waals surface area contributed by atoms with Crippen LogP contribution in [0.2, 0.25) is 0 Å². The van der Waals surface area contributed by atoms with E-state index in [-0.39, 0.29) is 19.6 Å². The maximum absolute atomic E-state index is 12.9. The number of phenols is 1. The van der Waals surface area contributed by atoms with Crippen molar-refractivity contribution in [3.63, 3.8) is 0 Å². The summed E-state index contributed by atoms with van der Waals surface area (Å²) < 4.78 is 38.6. The van der Waals surface area contributed by atoms with Crippen molar-refractivity contribution in [2.24, 2.45) is 0 Å². The minimum absolute atomic E-state index is 0.0286. The molecule has 0 amide bonds. The van der Waals surface area contributed by atoms with Crippen molar-refractivity contribution in [3.8, 4) is 5.75 Å². The van der Waals surface area contributed by atoms with Crippen molar-refractivity contribution in [1.82, 2.24) is 0 Å². The van der Waals surface area contributed by atoms with E-state index in [0.29, 0.717) is 5.30 Å². The second-order valence-electron chi connectivity index (χ2n) is 4.26. The van der Waals surface area contributed by atoms with Crippen LogP contribution < -0.4 is 10.6 Å². The van der Waals surface area contributed by atoms with Crippen LogP contribution in [0.4, 0.5) is 13.2 Å². The summed E-state index contributed by atoms with van der Waals surface area (Å²) in [6.07, 6.45) is -4.37. The van der Waals surface area contributed by atoms with E-state index in [9.17, 15) is 18.3 Å². The second kappa shape index (κ2) is 9.15. The van der Waals surface area contributed by atoms with Crippen molar-refractivity contribution in [3.05, 3.63) is 53.6 Å². The Labute approximate surface area is 145 Å². The number of benzene rings is 2. The van der Waals surface area contributed by atoms with E-state index < -0.39 is 28.8 Å². The predicted octanol–water partition coefficient (Wildman–Crippen LogP) is 4.73. The van der Waals surface area contributed by atoms with E-state index in [1.165, 1.54) is 18.2 Å². The van der Waals surface area contributed by atoms with Gasteiger partial charge < -0.3 is 5.11 Å². The summed E-state index contributed by atoms with van der Waals surface area (Å²) in [5, 5.41) is 10.4. The summed E-state index contributed by atoms with van der Waals surface area (Å²) >= 11 is -0.556. The zero-order valence-corrected chi connectivity index (χ0v) is 15.5. The molecular formula is C14H12Cl2F3OPTi. The Morgan fingerprint density at radius 1 is 1.05 bits per heavy atom. The third-order valence-corrected chi connectivity index (χ3v) is 4.03. The molecule has 1 nitrogen and oxygen atoms in total. The van der Waals surface area contributed by atoms with Gasteiger partial charge in [0, 0.05) is 5.30 Å². The van der Waals surface area contributed by atoms with E-state index >= 15 is 0 Å². The third kappa shape index (κ3) is 6.10. The minimum atomic E-state index is -4.37. The molecule has 0 aromatic heterocycles. The van der Waals surface area contributed by atoms with Crippen LogP contribution >= 0.6 is 27.2 Å². The fraction of sp³-hybridized carbons (Fsp3) is 0.143. The number of hydrogen-bond acceptors (Lipinski definition) is 1. The number of phenolic OH excluding ortho intramolecular Hbond substituents is 1. The predicted molar refractivity (Wildman–Crippen MR) is 83.6 cm³/mol. The summed E-state index contributed by atoms with van der Waals surface area (Å²) in [4.78, 5) is 0. The second-order valence-corrected chi connectivity index (χ2v) is 8.17. The van der Waals surface area contributed by atoms with Crippen LogP contribution in [0.1, 0.15) is 11.1 Å². The Kier molecular flexibility index (Phi) is 8.23. The summed E-state index contributed by atoms with van der Waals surface area (Å²) in [7, 11) is 9.55. The number of halogens is 5. The molecule has 0 saturated carbocycles. The number of hydrogen-bond donors (Lipinski definition) is 1. The van der Waals surface area contributed by atoms with Gasteiger partial charge >= 0.3 is 41.8 Å². The Morgan fingerprint density at radius 2 is 1.64 bits per heavy atom. The molecule has 2 aromatic rings. The summed E-state index contributed by atoms with van der Waals surface area (Å²) in [6, 6.07) is 10.4. The van der Waals surface area contributed by atoms with Crippen molar-refractivity contribution in [2.45, 2.75) is 13.1 Å². The SMILES string of the molecule is Cc1ccc(O)c(Pc2ccccc2C(F)(F)F)c1.[Cl][Ti][Cl]. The zero-order chi connectivity index (χ0) is 16.8. The average molecular weight is 403 g/mol. The summed E-state index contributed by atoms with van der Waals surface area (Å²) in [5.41, 5.74) is 0.263. The van der Waals surface area contributed by atoms with Crippen LogP contribution in [0, 0.1) is 6.92 Å². The Bertz CT molecular complexity index is 623. The fourth-order valence-corrected chi connectivity index (χ4v) is 3.08. The topological polar surface area (TPSA) is 20.2 Å². The van der Waals surface area contributed by atoms with Gasteiger partial charge in [-0.05, 0) is 30.4 Å². The zero-order valence-electron chi connectivity index (χ0n) is 11.4. The van der Waals surface area contributed by atoms with Crippen molar-refractivity contribution in [1.29, 1.82) is 0 Å². The van der Waals surface area contributed by atoms with Crippen molar-refractivity contribution >= 4 is 37.8 Å². The van der Waals surface area contributed by atoms with Gasteiger partial charge in [0.2, 0.25) is 0 Å². The molecule has 0 spiro atoms. The van der Waals surface area contributed by atoms with Gasteiger partial charge in [-0.2, -0.15) is 13.2 Å². The number of rotatable bonds is 2. The Balaban J connectivity index is 0.000000745. The summed E-state index contributed by atoms with van der Waals surface area (Å²) in [6.45, 7) is 1.84. The molecule has 0 heterocycles. The first-order valence-electron chi connectivity index (χ1n) is 5.98. The van der Waals surface area contributed by atoms with Gasteiger partial charge in [-0.15, -0.1) is 0 Å². The summed E-state index contributed by atoms with van der Waals surface area (Å²) in [5.74, 6) is 0.0286. The molecule has 22 heavy (non-hydrogen) atoms. The molecule has 1 N–H and O–H groups in total. The van der Waals surface area contributed by atoms with Gasteiger partial charge in [0.1, 0.15) is 5.75 Å². The Hall–Kier alpha value is -0.246. The monoisotopic (exact) mass is 402 g/mol. The van der Waals surface area contributed by atoms with E-state index in [2.05, 4.69) is 0 Å². The van der Waals surface area contributed by atoms with Gasteiger partial charge in [0.25, 0.3) is 0 Å². The molecule has 0 aliphatic carbocycles. The standard InChI is InChI=1S/C14H12F3OP.2ClH.Ti/c1-9-6-7-11(18)13(8-9)19-12-5-3-2-4-10(12)14(15,16)17;;;/h2-8,18-19H,1H3;2*1H;/q;;;+2/p-2. The normalized spacial score (nSPS) is 11.2. The third-order valence-electron chi connectivity index (χ3n) is 2.65. The van der Waals surface area contributed by atoms with Crippen LogP contribution in [0.15, 0.2) is 42.5 Å². The van der Waals surface area contributed by atoms with Crippen LogP contribution in [0.3, 0.4) is 0 Å². The van der Waals surface area contributed by atoms with Gasteiger partial charge in [-0.25, -0.2) is 0 Å². The van der Waals surface area contributed by atoms with Crippen LogP contribution in [0.5, 0.6) is 5.75 Å². The van der Waals surface area contributed by atoms with E-state index in [1.807, 2.05) is 6.92 Å². The van der Waals surface area contributed by atoms with Crippen LogP contribution in [-0.4, -0.2) is 5.11 Å². The molecule has 1 unspecified atom stereocenters. The molecule has 2 rings (SSSR count). The van der Waals surface area contributed by atoms with E-state index in [4.69, 9.17) is 18.6 Å².